The second-order valence-electron chi connectivity index (χ2n) is 10.4. The van der Waals surface area contributed by atoms with Crippen LogP contribution in [-0.4, -0.2) is 97.1 Å². The predicted octanol–water partition coefficient (Wildman–Crippen LogP) is 1.74. The predicted molar refractivity (Wildman–Crippen MR) is 153 cm³/mol. The van der Waals surface area contributed by atoms with Crippen molar-refractivity contribution in [3.05, 3.63) is 47.8 Å². The van der Waals surface area contributed by atoms with Gasteiger partial charge in [-0.05, 0) is 36.2 Å². The number of hydrogen-bond acceptors (Lipinski definition) is 8. The first kappa shape index (κ1) is 28.5. The van der Waals surface area contributed by atoms with Crippen LogP contribution in [0.5, 0.6) is 5.75 Å². The molecule has 13 heteroatoms. The van der Waals surface area contributed by atoms with Crippen molar-refractivity contribution in [2.24, 2.45) is 0 Å². The summed E-state index contributed by atoms with van der Waals surface area (Å²) in [5.74, 6) is 0.780. The number of benzene rings is 2. The maximum absolute atomic E-state index is 15.2. The molecule has 0 aliphatic carbocycles. The number of rotatable bonds is 11. The number of halogens is 1. The Kier molecular flexibility index (Phi) is 8.74. The van der Waals surface area contributed by atoms with Crippen LogP contribution >= 0.6 is 11.8 Å². The van der Waals surface area contributed by atoms with Crippen LogP contribution in [0.2, 0.25) is 0 Å². The number of carbonyl (C=O) groups excluding carboxylic acids is 1. The van der Waals surface area contributed by atoms with Crippen molar-refractivity contribution in [1.29, 1.82) is 0 Å². The second-order valence-corrected chi connectivity index (χ2v) is 11.9. The van der Waals surface area contributed by atoms with Gasteiger partial charge in [-0.25, -0.2) is 9.18 Å². The third-order valence-electron chi connectivity index (χ3n) is 7.52. The van der Waals surface area contributed by atoms with Crippen molar-refractivity contribution >= 4 is 47.7 Å². The lowest BCUT2D eigenvalue weighted by Gasteiger charge is -2.36. The Morgan fingerprint density at radius 1 is 1.25 bits per heavy atom. The molecular weight excluding hydrogens is 538 g/mol. The van der Waals surface area contributed by atoms with E-state index in [0.29, 0.717) is 49.7 Å². The van der Waals surface area contributed by atoms with Crippen LogP contribution in [-0.2, 0) is 16.1 Å². The van der Waals surface area contributed by atoms with Crippen LogP contribution in [0.1, 0.15) is 18.9 Å². The minimum absolute atomic E-state index is 0.163. The highest BCUT2D eigenvalue weighted by molar-refractivity contribution is 8.08. The molecule has 2 aromatic carbocycles. The zero-order valence-corrected chi connectivity index (χ0v) is 23.3. The topological polar surface area (TPSA) is 115 Å². The minimum atomic E-state index is -1.15. The van der Waals surface area contributed by atoms with Gasteiger partial charge in [0.1, 0.15) is 11.6 Å². The van der Waals surface area contributed by atoms with Crippen LogP contribution in [0.25, 0.3) is 0 Å². The average Bonchev–Trinajstić information content (AvgIpc) is 3.61. The summed E-state index contributed by atoms with van der Waals surface area (Å²) in [6.45, 7) is 6.60. The zero-order chi connectivity index (χ0) is 28.3. The van der Waals surface area contributed by atoms with E-state index in [1.165, 1.54) is 13.0 Å². The summed E-state index contributed by atoms with van der Waals surface area (Å²) in [6, 6.07) is 10.3. The Bertz CT molecular complexity index is 1240. The molecule has 214 valence electrons. The van der Waals surface area contributed by atoms with Crippen molar-refractivity contribution in [2.75, 3.05) is 68.0 Å². The van der Waals surface area contributed by atoms with Crippen LogP contribution in [0.4, 0.5) is 20.6 Å². The molecular formula is C27H34BFN4O6S. The summed E-state index contributed by atoms with van der Waals surface area (Å²) in [4.78, 5) is 28.8. The molecule has 0 unspecified atom stereocenters. The van der Waals surface area contributed by atoms with Gasteiger partial charge in [0.25, 0.3) is 0 Å². The van der Waals surface area contributed by atoms with E-state index in [1.807, 2.05) is 23.1 Å². The van der Waals surface area contributed by atoms with Gasteiger partial charge in [0, 0.05) is 64.0 Å². The molecule has 0 saturated carbocycles. The van der Waals surface area contributed by atoms with Crippen molar-refractivity contribution in [1.82, 2.24) is 10.2 Å². The molecule has 2 amide bonds. The minimum Gasteiger partial charge on any atom is -0.494 e. The summed E-state index contributed by atoms with van der Waals surface area (Å²) in [5.41, 5.74) is 2.41. The number of anilines is 2. The van der Waals surface area contributed by atoms with Crippen LogP contribution < -0.4 is 25.3 Å². The number of nitrogens with zero attached hydrogens (tertiary/aromatic N) is 3. The van der Waals surface area contributed by atoms with E-state index in [-0.39, 0.29) is 22.9 Å². The molecule has 1 atom stereocenters. The number of fused-ring (bicyclic) bond motifs is 1. The summed E-state index contributed by atoms with van der Waals surface area (Å²) in [7, 11) is -0.940. The lowest BCUT2D eigenvalue weighted by atomic mass is 9.79. The van der Waals surface area contributed by atoms with E-state index in [2.05, 4.69) is 10.2 Å². The lowest BCUT2D eigenvalue weighted by molar-refractivity contribution is -0.119. The van der Waals surface area contributed by atoms with Crippen LogP contribution in [0.15, 0.2) is 36.4 Å². The first-order chi connectivity index (χ1) is 19.2. The van der Waals surface area contributed by atoms with Gasteiger partial charge >= 0.3 is 13.2 Å². The van der Waals surface area contributed by atoms with Gasteiger partial charge in [0.2, 0.25) is 5.91 Å². The molecule has 5 rings (SSSR count). The molecule has 10 nitrogen and oxygen atoms in total. The van der Waals surface area contributed by atoms with E-state index >= 15 is 4.39 Å². The quantitative estimate of drug-likeness (QED) is 0.211. The van der Waals surface area contributed by atoms with Crippen molar-refractivity contribution in [2.45, 2.75) is 24.7 Å². The fourth-order valence-corrected chi connectivity index (χ4v) is 5.96. The summed E-state index contributed by atoms with van der Waals surface area (Å²) in [5, 5.41) is 22.6. The Balaban J connectivity index is 1.10. The number of nitrogens with one attached hydrogen (secondary N) is 1. The fourth-order valence-electron chi connectivity index (χ4n) is 5.17. The van der Waals surface area contributed by atoms with Crippen LogP contribution in [0, 0.1) is 5.82 Å². The third kappa shape index (κ3) is 6.65. The van der Waals surface area contributed by atoms with E-state index in [9.17, 15) is 19.7 Å². The summed E-state index contributed by atoms with van der Waals surface area (Å²) >= 11 is 1.59. The summed E-state index contributed by atoms with van der Waals surface area (Å²) in [6.07, 6.45) is -0.336. The number of thioether (sulfide) groups is 1. The molecule has 3 aliphatic rings. The highest BCUT2D eigenvalue weighted by Crippen LogP contribution is 2.45. The molecule has 40 heavy (non-hydrogen) atoms. The number of carboxylic acid groups (broad SMARTS) is 1. The number of hydrogen-bond donors (Lipinski definition) is 3. The number of amides is 2. The van der Waals surface area contributed by atoms with E-state index in [1.54, 1.807) is 23.9 Å². The summed E-state index contributed by atoms with van der Waals surface area (Å²) < 4.78 is 26.0. The highest BCUT2D eigenvalue weighted by atomic mass is 32.2. The van der Waals surface area contributed by atoms with Crippen molar-refractivity contribution in [3.8, 4) is 5.75 Å². The van der Waals surface area contributed by atoms with Crippen molar-refractivity contribution in [3.63, 3.8) is 0 Å². The van der Waals surface area contributed by atoms with Gasteiger partial charge in [-0.2, -0.15) is 0 Å². The van der Waals surface area contributed by atoms with Crippen LogP contribution in [0.3, 0.4) is 0 Å². The fraction of sp³-hybridized carbons (Fsp3) is 0.481. The largest absolute Gasteiger partial charge is 0.495 e. The van der Waals surface area contributed by atoms with Gasteiger partial charge in [0.15, 0.2) is 0 Å². The van der Waals surface area contributed by atoms with Gasteiger partial charge in [-0.15, -0.1) is 11.8 Å². The van der Waals surface area contributed by atoms with E-state index in [4.69, 9.17) is 9.39 Å². The molecule has 3 heterocycles. The first-order valence-corrected chi connectivity index (χ1v) is 14.4. The maximum Gasteiger partial charge on any atom is 0.495 e. The molecule has 3 N–H and O–H groups in total. The third-order valence-corrected chi connectivity index (χ3v) is 8.90. The zero-order valence-electron chi connectivity index (χ0n) is 22.5. The van der Waals surface area contributed by atoms with Gasteiger partial charge < -0.3 is 29.7 Å². The number of piperazine rings is 1. The average molecular weight is 572 g/mol. The molecule has 2 aromatic rings. The Labute approximate surface area is 237 Å². The van der Waals surface area contributed by atoms with E-state index in [0.717, 1.165) is 42.3 Å². The molecule has 2 fully saturated rings. The van der Waals surface area contributed by atoms with Gasteiger partial charge in [-0.1, -0.05) is 12.1 Å². The molecule has 0 bridgehead atoms. The molecule has 3 aliphatic heterocycles. The molecule has 2 saturated heterocycles. The molecule has 0 aromatic heterocycles. The van der Waals surface area contributed by atoms with Gasteiger partial charge in [0.05, 0.1) is 29.3 Å². The Hall–Kier alpha value is -3.00. The Morgan fingerprint density at radius 3 is 2.70 bits per heavy atom. The number of carbonyl (C=O) groups is 2. The second kappa shape index (κ2) is 12.3. The monoisotopic (exact) mass is 572 g/mol. The normalized spacial score (nSPS) is 20.3. The lowest BCUT2D eigenvalue weighted by Crippen LogP contribution is -2.47. The number of ether oxygens (including phenoxy) is 1. The van der Waals surface area contributed by atoms with E-state index < -0.39 is 19.0 Å². The highest BCUT2D eigenvalue weighted by Gasteiger charge is 2.46. The molecule has 0 spiro atoms. The smallest absolute Gasteiger partial charge is 0.494 e. The van der Waals surface area contributed by atoms with Crippen molar-refractivity contribution < 1.29 is 33.5 Å². The van der Waals surface area contributed by atoms with Gasteiger partial charge in [-0.3, -0.25) is 14.6 Å². The standard InChI is InChI=1S/C27H34BFN4O6S/c1-19(34)30-16-27(18-40-27)17-33(26(35)36)21-6-7-23(22(29)14-21)32-11-9-31(10-12-32)8-3-13-38-24-5-2-4-20-15-39-28(37)25(20)24/h2,4-7,14,37H,3,8-13,15-18H2,1H3,(H,30,34)(H,35,36)/t27-/m1/s1. The molecule has 0 radical (unpaired) electrons. The SMILES string of the molecule is CC(=O)NC[C@@]1(CN(C(=O)O)c2ccc(N3CCN(CCCOc4cccc5c4B(O)OC5)CC3)c(F)c2)CS1. The maximum atomic E-state index is 15.2. The first-order valence-electron chi connectivity index (χ1n) is 13.4. The Morgan fingerprint density at radius 2 is 2.02 bits per heavy atom.